The second-order valence-corrected chi connectivity index (χ2v) is 37.6. The molecule has 672 valence electrons. The summed E-state index contributed by atoms with van der Waals surface area (Å²) in [6, 6.07) is 205. The van der Waals surface area contributed by atoms with Gasteiger partial charge in [0.25, 0.3) is 0 Å². The molecule has 0 spiro atoms. The highest BCUT2D eigenvalue weighted by atomic mass is 15.2. The summed E-state index contributed by atoms with van der Waals surface area (Å²) in [4.78, 5) is 4.82. The monoisotopic (exact) mass is 1830 g/mol. The number of hydrogen-bond acceptors (Lipinski definition) is 2. The van der Waals surface area contributed by atoms with E-state index in [1.165, 1.54) is 219 Å². The zero-order chi connectivity index (χ0) is 95.1. The van der Waals surface area contributed by atoms with Crippen molar-refractivity contribution in [3.63, 3.8) is 0 Å². The Hall–Kier alpha value is -19.0. The zero-order valence-electron chi connectivity index (χ0n) is 78.9. The molecule has 28 aromatic rings. The van der Waals surface area contributed by atoms with E-state index in [0.29, 0.717) is 0 Å². The molecule has 2 aromatic heterocycles. The van der Waals surface area contributed by atoms with Gasteiger partial charge in [-0.2, -0.15) is 0 Å². The smallest absolute Gasteiger partial charge is 0.0542 e. The molecule has 28 rings (SSSR count). The molecular weight excluding hydrogens is 1740 g/mol. The summed E-state index contributed by atoms with van der Waals surface area (Å²) in [5, 5.41) is 24.8. The molecule has 0 atom stereocenters. The number of hydrogen-bond donors (Lipinski definition) is 0. The van der Waals surface area contributed by atoms with Crippen LogP contribution in [0.1, 0.15) is 0 Å². The lowest BCUT2D eigenvalue weighted by Gasteiger charge is -2.26. The number of benzene rings is 26. The van der Waals surface area contributed by atoms with Crippen molar-refractivity contribution < 1.29 is 0 Å². The second kappa shape index (κ2) is 35.8. The van der Waals surface area contributed by atoms with Crippen LogP contribution in [-0.4, -0.2) is 9.13 Å². The van der Waals surface area contributed by atoms with Gasteiger partial charge in [0, 0.05) is 67.0 Å². The Kier molecular flexibility index (Phi) is 20.9. The molecule has 26 aromatic carbocycles. The van der Waals surface area contributed by atoms with Gasteiger partial charge in [-0.25, -0.2) is 0 Å². The van der Waals surface area contributed by atoms with Crippen molar-refractivity contribution in [3.8, 4) is 100 Å². The van der Waals surface area contributed by atoms with Gasteiger partial charge in [-0.3, -0.25) is 0 Å². The first-order valence-electron chi connectivity index (χ1n) is 49.7. The summed E-state index contributed by atoms with van der Waals surface area (Å²) < 4.78 is 4.77. The number of para-hydroxylation sites is 4. The largest absolute Gasteiger partial charge is 0.310 e. The molecule has 0 fully saturated rings. The lowest BCUT2D eigenvalue weighted by molar-refractivity contribution is 1.18. The minimum Gasteiger partial charge on any atom is -0.310 e. The molecule has 0 saturated heterocycles. The Labute approximate surface area is 835 Å². The molecule has 2 heterocycles. The summed E-state index contributed by atoms with van der Waals surface area (Å²) in [5.41, 5.74) is 33.1. The van der Waals surface area contributed by atoms with Crippen LogP contribution in [0.15, 0.2) is 558 Å². The van der Waals surface area contributed by atoms with Crippen LogP contribution in [0.5, 0.6) is 0 Å². The lowest BCUT2D eigenvalue weighted by atomic mass is 9.85. The molecule has 0 unspecified atom stereocenters. The predicted octanol–water partition coefficient (Wildman–Crippen LogP) is 39.1. The highest BCUT2D eigenvalue weighted by Crippen LogP contribution is 2.51. The number of aromatic nitrogens is 2. The Morgan fingerprint density at radius 3 is 0.653 bits per heavy atom. The fraction of sp³-hybridized carbons (Fsp3) is 0. The molecule has 0 N–H and O–H groups in total. The quantitative estimate of drug-likeness (QED) is 0.0897. The molecule has 0 bridgehead atoms. The number of anilines is 6. The van der Waals surface area contributed by atoms with Crippen molar-refractivity contribution in [3.05, 3.63) is 558 Å². The van der Waals surface area contributed by atoms with E-state index in [2.05, 4.69) is 577 Å². The Morgan fingerprint density at radius 1 is 0.118 bits per heavy atom. The van der Waals surface area contributed by atoms with Gasteiger partial charge < -0.3 is 18.9 Å². The summed E-state index contributed by atoms with van der Waals surface area (Å²) in [7, 11) is 0. The molecule has 0 saturated carbocycles. The maximum atomic E-state index is 2.41. The van der Waals surface area contributed by atoms with E-state index < -0.39 is 0 Å². The van der Waals surface area contributed by atoms with Gasteiger partial charge in [0.2, 0.25) is 0 Å². The van der Waals surface area contributed by atoms with Crippen LogP contribution >= 0.6 is 0 Å². The van der Waals surface area contributed by atoms with Crippen molar-refractivity contribution in [2.75, 3.05) is 9.80 Å². The number of fused-ring (bicyclic) bond motifs is 14. The third-order valence-corrected chi connectivity index (χ3v) is 29.5. The first-order chi connectivity index (χ1) is 71.5. The van der Waals surface area contributed by atoms with Crippen LogP contribution in [0, 0.1) is 0 Å². The first-order valence-corrected chi connectivity index (χ1v) is 49.7. The van der Waals surface area contributed by atoms with Crippen LogP contribution in [0.25, 0.3) is 230 Å². The molecule has 0 amide bonds. The SMILES string of the molecule is c1ccc(-n2c3ccccc3c3cc(N(c4ccc(-c5cccc6ccccc56)cc4)c4ccc(-c5c6ccccc6c(-c6ccc(-c7cccc8ccccc78)cc6)c6ccccc56)cc4)ccc32)cc1.c1ccc(-n2c3ccccc3c3cc(N(c4ccc(-c5cccc6ccccc56)cc4)c4ccc(-c5c6ccccc6c(-c6cccc(-c7cccc8ccccc78)c6)c6ccccc56)cc4)ccc32)cc1. The average Bonchev–Trinajstić information content (AvgIpc) is 1.44. The maximum Gasteiger partial charge on any atom is 0.0542 e. The Bertz CT molecular complexity index is 9730. The molecule has 4 nitrogen and oxygen atoms in total. The Balaban J connectivity index is 0.000000143. The summed E-state index contributed by atoms with van der Waals surface area (Å²) >= 11 is 0. The van der Waals surface area contributed by atoms with E-state index >= 15 is 0 Å². The molecule has 0 aliphatic rings. The predicted molar refractivity (Wildman–Crippen MR) is 614 cm³/mol. The summed E-state index contributed by atoms with van der Waals surface area (Å²) in [5.74, 6) is 0. The molecule has 0 aliphatic heterocycles. The average molecular weight is 1830 g/mol. The van der Waals surface area contributed by atoms with Crippen LogP contribution < -0.4 is 9.80 Å². The number of nitrogens with zero attached hydrogens (tertiary/aromatic N) is 4. The van der Waals surface area contributed by atoms with Crippen molar-refractivity contribution in [2.45, 2.75) is 0 Å². The summed E-state index contributed by atoms with van der Waals surface area (Å²) in [6.07, 6.45) is 0. The third-order valence-electron chi connectivity index (χ3n) is 29.5. The van der Waals surface area contributed by atoms with E-state index in [4.69, 9.17) is 0 Å². The molecule has 0 aliphatic carbocycles. The third kappa shape index (κ3) is 14.7. The highest BCUT2D eigenvalue weighted by Gasteiger charge is 2.26. The van der Waals surface area contributed by atoms with Crippen molar-refractivity contribution in [2.24, 2.45) is 0 Å². The molecule has 144 heavy (non-hydrogen) atoms. The van der Waals surface area contributed by atoms with Gasteiger partial charge >= 0.3 is 0 Å². The van der Waals surface area contributed by atoms with Crippen molar-refractivity contribution >= 4 is 164 Å². The minimum atomic E-state index is 1.08. The standard InChI is InChI=1S/2C70H46N2/c1-2-23-53(24-3-1)72-67-34-13-12-27-61(67)66-46-56(43-44-68(66)72)71(54-39-35-49(36-40-54)59-32-15-19-47-17-4-6-25-57(47)59)55-41-37-50(38-42-55)69-62-28-8-10-30-64(62)70(65-31-11-9-29-63(65)69)52-22-14-21-51(45-52)60-33-16-20-48-18-5-7-26-58(48)60;1-2-20-53(21-3-1)72-67-31-13-12-24-61(67)66-46-56(44-45-68(66)72)71(54-40-36-50(37-41-54)60-30-15-19-48-17-5-7-23-58(48)60)55-42-38-52(39-43-55)70-64-27-10-8-25-62(64)69(63-26-9-11-28-65(63)70)51-34-32-49(33-35-51)59-29-14-18-47-16-4-6-22-57(47)59/h2*1-46H. The van der Waals surface area contributed by atoms with E-state index in [1.807, 2.05) is 0 Å². The second-order valence-electron chi connectivity index (χ2n) is 37.6. The van der Waals surface area contributed by atoms with Crippen LogP contribution in [-0.2, 0) is 0 Å². The highest BCUT2D eigenvalue weighted by molar-refractivity contribution is 6.24. The van der Waals surface area contributed by atoms with E-state index in [-0.39, 0.29) is 0 Å². The van der Waals surface area contributed by atoms with Gasteiger partial charge in [-0.1, -0.05) is 431 Å². The minimum absolute atomic E-state index is 1.08. The van der Waals surface area contributed by atoms with Crippen molar-refractivity contribution in [1.29, 1.82) is 0 Å². The van der Waals surface area contributed by atoms with Gasteiger partial charge in [-0.05, 0) is 303 Å². The van der Waals surface area contributed by atoms with Gasteiger partial charge in [0.05, 0.1) is 22.1 Å². The fourth-order valence-corrected chi connectivity index (χ4v) is 23.0. The zero-order valence-corrected chi connectivity index (χ0v) is 78.9. The van der Waals surface area contributed by atoms with Gasteiger partial charge in [0.1, 0.15) is 0 Å². The molecule has 0 radical (unpaired) electrons. The first kappa shape index (κ1) is 84.3. The van der Waals surface area contributed by atoms with Crippen molar-refractivity contribution in [1.82, 2.24) is 9.13 Å². The normalized spacial score (nSPS) is 11.6. The van der Waals surface area contributed by atoms with E-state index in [9.17, 15) is 0 Å². The van der Waals surface area contributed by atoms with E-state index in [1.54, 1.807) is 0 Å². The summed E-state index contributed by atoms with van der Waals surface area (Å²) in [6.45, 7) is 0. The lowest BCUT2D eigenvalue weighted by Crippen LogP contribution is -2.10. The van der Waals surface area contributed by atoms with Crippen LogP contribution in [0.3, 0.4) is 0 Å². The molecule has 4 heteroatoms. The van der Waals surface area contributed by atoms with Gasteiger partial charge in [-0.15, -0.1) is 0 Å². The maximum absolute atomic E-state index is 2.41. The van der Waals surface area contributed by atoms with Crippen LogP contribution in [0.2, 0.25) is 0 Å². The Morgan fingerprint density at radius 2 is 0.333 bits per heavy atom. The fourth-order valence-electron chi connectivity index (χ4n) is 23.0. The molecular formula is C140H92N4. The van der Waals surface area contributed by atoms with E-state index in [0.717, 1.165) is 45.5 Å². The number of rotatable bonds is 16. The topological polar surface area (TPSA) is 16.3 Å². The van der Waals surface area contributed by atoms with Gasteiger partial charge in [0.15, 0.2) is 0 Å². The van der Waals surface area contributed by atoms with Crippen LogP contribution in [0.4, 0.5) is 34.1 Å².